The fourth-order valence-corrected chi connectivity index (χ4v) is 2.04. The van der Waals surface area contributed by atoms with Gasteiger partial charge in [0.1, 0.15) is 12.1 Å². The fourth-order valence-electron chi connectivity index (χ4n) is 2.04. The fraction of sp³-hybridized carbons (Fsp3) is 0.412. The Labute approximate surface area is 156 Å². The standard InChI is InChI=1S/C17H25N5O5/c1-9(18)15(25)20-10(2)16(26)22-13(7-14(19)24)17(27)21-12-5-3-11(8-23)4-6-12/h3-6,9-10,13,23H,7-8,18H2,1-2H3,(H2,19,24)(H,20,25)(H,21,27)(H,22,26)/t9-,10-,13?/m0/s1. The molecule has 0 aliphatic carbocycles. The van der Waals surface area contributed by atoms with Crippen molar-refractivity contribution in [3.8, 4) is 0 Å². The highest BCUT2D eigenvalue weighted by Gasteiger charge is 2.26. The lowest BCUT2D eigenvalue weighted by Gasteiger charge is -2.21. The van der Waals surface area contributed by atoms with Crippen LogP contribution in [0.1, 0.15) is 25.8 Å². The summed E-state index contributed by atoms with van der Waals surface area (Å²) < 4.78 is 0. The predicted molar refractivity (Wildman–Crippen MR) is 98.0 cm³/mol. The Bertz CT molecular complexity index is 689. The molecule has 0 spiro atoms. The average molecular weight is 379 g/mol. The summed E-state index contributed by atoms with van der Waals surface area (Å²) in [4.78, 5) is 47.4. The molecule has 1 aromatic carbocycles. The van der Waals surface area contributed by atoms with Crippen LogP contribution in [0.15, 0.2) is 24.3 Å². The molecule has 1 rings (SSSR count). The third-order valence-electron chi connectivity index (χ3n) is 3.61. The normalized spacial score (nSPS) is 13.8. The molecule has 4 amide bonds. The number of benzene rings is 1. The summed E-state index contributed by atoms with van der Waals surface area (Å²) in [5.41, 5.74) is 11.6. The molecule has 0 saturated heterocycles. The number of aliphatic hydroxyl groups excluding tert-OH is 1. The molecule has 0 heterocycles. The molecule has 148 valence electrons. The summed E-state index contributed by atoms with van der Waals surface area (Å²) in [7, 11) is 0. The number of hydrogen-bond donors (Lipinski definition) is 6. The van der Waals surface area contributed by atoms with Crippen LogP contribution < -0.4 is 27.4 Å². The van der Waals surface area contributed by atoms with E-state index in [0.717, 1.165) is 0 Å². The molecule has 0 saturated carbocycles. The first-order chi connectivity index (χ1) is 12.6. The summed E-state index contributed by atoms with van der Waals surface area (Å²) in [6.45, 7) is 2.74. The Morgan fingerprint density at radius 2 is 1.59 bits per heavy atom. The van der Waals surface area contributed by atoms with Crippen LogP contribution in [0.2, 0.25) is 0 Å². The SMILES string of the molecule is C[C@H](N)C(=O)N[C@@H](C)C(=O)NC(CC(N)=O)C(=O)Nc1ccc(CO)cc1. The Balaban J connectivity index is 2.78. The third kappa shape index (κ3) is 7.42. The van der Waals surface area contributed by atoms with Crippen LogP contribution in [0.5, 0.6) is 0 Å². The van der Waals surface area contributed by atoms with Crippen molar-refractivity contribution in [2.45, 2.75) is 45.0 Å². The molecule has 27 heavy (non-hydrogen) atoms. The number of nitrogens with one attached hydrogen (secondary N) is 3. The zero-order valence-corrected chi connectivity index (χ0v) is 15.2. The number of hydrogen-bond acceptors (Lipinski definition) is 6. The molecular weight excluding hydrogens is 354 g/mol. The highest BCUT2D eigenvalue weighted by Crippen LogP contribution is 2.10. The molecule has 10 heteroatoms. The van der Waals surface area contributed by atoms with Crippen molar-refractivity contribution in [2.75, 3.05) is 5.32 Å². The molecule has 0 fully saturated rings. The topological polar surface area (TPSA) is 177 Å². The first kappa shape index (κ1) is 22.1. The van der Waals surface area contributed by atoms with Gasteiger partial charge in [0.25, 0.3) is 0 Å². The Kier molecular flexibility index (Phi) is 8.36. The molecule has 0 radical (unpaired) electrons. The zero-order valence-electron chi connectivity index (χ0n) is 15.2. The van der Waals surface area contributed by atoms with Gasteiger partial charge < -0.3 is 32.5 Å². The maximum Gasteiger partial charge on any atom is 0.247 e. The number of aliphatic hydroxyl groups is 1. The van der Waals surface area contributed by atoms with Crippen LogP contribution in [-0.4, -0.2) is 46.9 Å². The zero-order chi connectivity index (χ0) is 20.6. The van der Waals surface area contributed by atoms with E-state index in [1.165, 1.54) is 13.8 Å². The maximum absolute atomic E-state index is 12.4. The van der Waals surface area contributed by atoms with E-state index in [-0.39, 0.29) is 6.61 Å². The van der Waals surface area contributed by atoms with Gasteiger partial charge in [0.2, 0.25) is 23.6 Å². The molecule has 8 N–H and O–H groups in total. The van der Waals surface area contributed by atoms with Gasteiger partial charge in [-0.15, -0.1) is 0 Å². The monoisotopic (exact) mass is 379 g/mol. The lowest BCUT2D eigenvalue weighted by molar-refractivity contribution is -0.131. The van der Waals surface area contributed by atoms with Crippen LogP contribution in [0, 0.1) is 0 Å². The largest absolute Gasteiger partial charge is 0.392 e. The maximum atomic E-state index is 12.4. The van der Waals surface area contributed by atoms with Crippen LogP contribution >= 0.6 is 0 Å². The van der Waals surface area contributed by atoms with Crippen molar-refractivity contribution in [3.05, 3.63) is 29.8 Å². The Morgan fingerprint density at radius 3 is 2.07 bits per heavy atom. The highest BCUT2D eigenvalue weighted by atomic mass is 16.3. The second kappa shape index (κ2) is 10.2. The number of anilines is 1. The van der Waals surface area contributed by atoms with E-state index in [9.17, 15) is 19.2 Å². The van der Waals surface area contributed by atoms with Gasteiger partial charge in [-0.05, 0) is 31.5 Å². The van der Waals surface area contributed by atoms with Gasteiger partial charge in [0, 0.05) is 5.69 Å². The lowest BCUT2D eigenvalue weighted by Crippen LogP contribution is -2.54. The van der Waals surface area contributed by atoms with Crippen LogP contribution in [0.3, 0.4) is 0 Å². The molecule has 0 aromatic heterocycles. The Hall–Kier alpha value is -2.98. The summed E-state index contributed by atoms with van der Waals surface area (Å²) in [5.74, 6) is -2.62. The number of carbonyl (C=O) groups is 4. The van der Waals surface area contributed by atoms with Crippen molar-refractivity contribution < 1.29 is 24.3 Å². The van der Waals surface area contributed by atoms with E-state index in [0.29, 0.717) is 11.3 Å². The van der Waals surface area contributed by atoms with Gasteiger partial charge in [0.15, 0.2) is 0 Å². The van der Waals surface area contributed by atoms with E-state index in [2.05, 4.69) is 16.0 Å². The van der Waals surface area contributed by atoms with Gasteiger partial charge in [-0.1, -0.05) is 12.1 Å². The second-order valence-corrected chi connectivity index (χ2v) is 6.09. The van der Waals surface area contributed by atoms with E-state index < -0.39 is 48.2 Å². The predicted octanol–water partition coefficient (Wildman–Crippen LogP) is -1.67. The lowest BCUT2D eigenvalue weighted by atomic mass is 10.1. The quantitative estimate of drug-likeness (QED) is 0.299. The van der Waals surface area contributed by atoms with Crippen molar-refractivity contribution in [3.63, 3.8) is 0 Å². The van der Waals surface area contributed by atoms with Gasteiger partial charge >= 0.3 is 0 Å². The molecular formula is C17H25N5O5. The van der Waals surface area contributed by atoms with Gasteiger partial charge in [-0.3, -0.25) is 19.2 Å². The summed E-state index contributed by atoms with van der Waals surface area (Å²) in [5, 5.41) is 16.4. The van der Waals surface area contributed by atoms with Gasteiger partial charge in [0.05, 0.1) is 19.1 Å². The third-order valence-corrected chi connectivity index (χ3v) is 3.61. The highest BCUT2D eigenvalue weighted by molar-refractivity contribution is 6.00. The van der Waals surface area contributed by atoms with Crippen molar-refractivity contribution in [1.29, 1.82) is 0 Å². The van der Waals surface area contributed by atoms with Crippen LogP contribution in [-0.2, 0) is 25.8 Å². The van der Waals surface area contributed by atoms with E-state index in [4.69, 9.17) is 16.6 Å². The molecule has 0 bridgehead atoms. The summed E-state index contributed by atoms with van der Waals surface area (Å²) >= 11 is 0. The minimum Gasteiger partial charge on any atom is -0.392 e. The smallest absolute Gasteiger partial charge is 0.247 e. The first-order valence-corrected chi connectivity index (χ1v) is 8.29. The van der Waals surface area contributed by atoms with Gasteiger partial charge in [-0.25, -0.2) is 0 Å². The minimum absolute atomic E-state index is 0.139. The summed E-state index contributed by atoms with van der Waals surface area (Å²) in [6, 6.07) is 3.38. The molecule has 0 aliphatic heterocycles. The second-order valence-electron chi connectivity index (χ2n) is 6.09. The minimum atomic E-state index is -1.22. The molecule has 0 aliphatic rings. The summed E-state index contributed by atoms with van der Waals surface area (Å²) in [6.07, 6.45) is -0.416. The number of rotatable bonds is 9. The molecule has 1 aromatic rings. The Morgan fingerprint density at radius 1 is 1.00 bits per heavy atom. The number of primary amides is 1. The van der Waals surface area contributed by atoms with Crippen LogP contribution in [0.25, 0.3) is 0 Å². The van der Waals surface area contributed by atoms with Crippen LogP contribution in [0.4, 0.5) is 5.69 Å². The van der Waals surface area contributed by atoms with E-state index in [1.807, 2.05) is 0 Å². The number of carbonyl (C=O) groups excluding carboxylic acids is 4. The average Bonchev–Trinajstić information content (AvgIpc) is 2.61. The molecule has 1 unspecified atom stereocenters. The molecule has 3 atom stereocenters. The first-order valence-electron chi connectivity index (χ1n) is 8.29. The van der Waals surface area contributed by atoms with Gasteiger partial charge in [-0.2, -0.15) is 0 Å². The molecule has 10 nitrogen and oxygen atoms in total. The van der Waals surface area contributed by atoms with Crippen molar-refractivity contribution >= 4 is 29.3 Å². The van der Waals surface area contributed by atoms with Crippen molar-refractivity contribution in [2.24, 2.45) is 11.5 Å². The van der Waals surface area contributed by atoms with Crippen molar-refractivity contribution in [1.82, 2.24) is 10.6 Å². The van der Waals surface area contributed by atoms with E-state index >= 15 is 0 Å². The number of nitrogens with two attached hydrogens (primary N) is 2. The van der Waals surface area contributed by atoms with E-state index in [1.54, 1.807) is 24.3 Å². The number of amides is 4.